The van der Waals surface area contributed by atoms with Gasteiger partial charge in [0.15, 0.2) is 6.61 Å². The molecule has 1 aromatic heterocycles. The predicted octanol–water partition coefficient (Wildman–Crippen LogP) is 4.42. The molecule has 0 aliphatic carbocycles. The van der Waals surface area contributed by atoms with Gasteiger partial charge in [-0.2, -0.15) is 0 Å². The molecule has 0 radical (unpaired) electrons. The maximum absolute atomic E-state index is 12.9. The Morgan fingerprint density at radius 2 is 1.85 bits per heavy atom. The van der Waals surface area contributed by atoms with Gasteiger partial charge in [0, 0.05) is 11.4 Å². The van der Waals surface area contributed by atoms with Crippen molar-refractivity contribution in [2.45, 2.75) is 31.7 Å². The lowest BCUT2D eigenvalue weighted by Crippen LogP contribution is -2.39. The molecule has 1 aromatic carbocycles. The van der Waals surface area contributed by atoms with E-state index in [1.165, 1.54) is 54.8 Å². The first-order valence-electron chi connectivity index (χ1n) is 9.15. The molecule has 0 spiro atoms. The van der Waals surface area contributed by atoms with E-state index in [9.17, 15) is 9.18 Å². The maximum Gasteiger partial charge on any atom is 0.258 e. The van der Waals surface area contributed by atoms with Crippen LogP contribution in [0.2, 0.25) is 0 Å². The Balaban J connectivity index is 0.00000261. The molecule has 27 heavy (non-hydrogen) atoms. The number of halogens is 2. The molecule has 1 atom stereocenters. The lowest BCUT2D eigenvalue weighted by atomic mass is 10.2. The van der Waals surface area contributed by atoms with Gasteiger partial charge in [0.25, 0.3) is 5.91 Å². The summed E-state index contributed by atoms with van der Waals surface area (Å²) in [6, 6.07) is 10.1. The van der Waals surface area contributed by atoms with Crippen molar-refractivity contribution in [3.8, 4) is 5.75 Å². The molecule has 2 aromatic rings. The highest BCUT2D eigenvalue weighted by Gasteiger charge is 2.23. The molecular formula is C20H26ClFN2O2S. The molecule has 148 valence electrons. The van der Waals surface area contributed by atoms with Gasteiger partial charge < -0.3 is 10.1 Å². The van der Waals surface area contributed by atoms with Crippen LogP contribution in [0.5, 0.6) is 5.75 Å². The van der Waals surface area contributed by atoms with Crippen LogP contribution >= 0.6 is 23.7 Å². The number of nitrogens with zero attached hydrogens (tertiary/aromatic N) is 1. The number of carbonyl (C=O) groups excluding carboxylic acids is 1. The van der Waals surface area contributed by atoms with Crippen LogP contribution in [-0.2, 0) is 4.79 Å². The Morgan fingerprint density at radius 1 is 1.15 bits per heavy atom. The second-order valence-corrected chi connectivity index (χ2v) is 7.51. The van der Waals surface area contributed by atoms with Gasteiger partial charge in [0.2, 0.25) is 0 Å². The van der Waals surface area contributed by atoms with Gasteiger partial charge in [-0.05, 0) is 61.6 Å². The fourth-order valence-corrected chi connectivity index (χ4v) is 4.10. The van der Waals surface area contributed by atoms with Crippen molar-refractivity contribution in [3.05, 3.63) is 52.5 Å². The first-order chi connectivity index (χ1) is 12.7. The second kappa shape index (κ2) is 11.3. The summed E-state index contributed by atoms with van der Waals surface area (Å²) in [4.78, 5) is 16.0. The molecule has 0 saturated carbocycles. The molecule has 2 heterocycles. The molecule has 3 rings (SSSR count). The lowest BCUT2D eigenvalue weighted by molar-refractivity contribution is -0.123. The standard InChI is InChI=1S/C20H25FN2O2S.ClH/c21-16-7-9-17(10-8-16)25-15-20(24)22-14-18(19-6-5-13-26-19)23-11-3-1-2-4-12-23;/h5-10,13,18H,1-4,11-12,14-15H2,(H,22,24);1H. The molecule has 1 fully saturated rings. The number of nitrogens with one attached hydrogen (secondary N) is 1. The third-order valence-electron chi connectivity index (χ3n) is 4.63. The number of carbonyl (C=O) groups is 1. The molecule has 1 saturated heterocycles. The zero-order valence-corrected chi connectivity index (χ0v) is 16.9. The molecule has 4 nitrogen and oxygen atoms in total. The second-order valence-electron chi connectivity index (χ2n) is 6.53. The quantitative estimate of drug-likeness (QED) is 0.731. The summed E-state index contributed by atoms with van der Waals surface area (Å²) in [5, 5.41) is 5.08. The molecule has 0 bridgehead atoms. The third-order valence-corrected chi connectivity index (χ3v) is 5.60. The highest BCUT2D eigenvalue weighted by molar-refractivity contribution is 7.10. The Kier molecular flexibility index (Phi) is 9.04. The number of likely N-dealkylation sites (tertiary alicyclic amines) is 1. The van der Waals surface area contributed by atoms with E-state index in [0.717, 1.165) is 13.1 Å². The van der Waals surface area contributed by atoms with Gasteiger partial charge in [-0.15, -0.1) is 23.7 Å². The summed E-state index contributed by atoms with van der Waals surface area (Å²) in [5.74, 6) is 0.00705. The summed E-state index contributed by atoms with van der Waals surface area (Å²) in [6.07, 6.45) is 4.99. The normalized spacial score (nSPS) is 16.0. The molecular weight excluding hydrogens is 387 g/mol. The first-order valence-corrected chi connectivity index (χ1v) is 10.0. The minimum atomic E-state index is -0.321. The third kappa shape index (κ3) is 6.79. The average molecular weight is 413 g/mol. The lowest BCUT2D eigenvalue weighted by Gasteiger charge is -2.30. The molecule has 1 aliphatic heterocycles. The fourth-order valence-electron chi connectivity index (χ4n) is 3.24. The van der Waals surface area contributed by atoms with E-state index >= 15 is 0 Å². The smallest absolute Gasteiger partial charge is 0.258 e. The van der Waals surface area contributed by atoms with Crippen molar-refractivity contribution < 1.29 is 13.9 Å². The Morgan fingerprint density at radius 3 is 2.48 bits per heavy atom. The summed E-state index contributed by atoms with van der Waals surface area (Å²) < 4.78 is 18.3. The van der Waals surface area contributed by atoms with E-state index in [0.29, 0.717) is 12.3 Å². The van der Waals surface area contributed by atoms with Crippen molar-refractivity contribution in [3.63, 3.8) is 0 Å². The highest BCUT2D eigenvalue weighted by atomic mass is 35.5. The minimum absolute atomic E-state index is 0. The number of ether oxygens (including phenoxy) is 1. The van der Waals surface area contributed by atoms with Gasteiger partial charge in [0.1, 0.15) is 11.6 Å². The van der Waals surface area contributed by atoms with Gasteiger partial charge in [-0.25, -0.2) is 4.39 Å². The molecule has 1 N–H and O–H groups in total. The van der Waals surface area contributed by atoms with Gasteiger partial charge in [-0.3, -0.25) is 9.69 Å². The summed E-state index contributed by atoms with van der Waals surface area (Å²) in [5.41, 5.74) is 0. The van der Waals surface area contributed by atoms with Crippen LogP contribution in [0.4, 0.5) is 4.39 Å². The fraction of sp³-hybridized carbons (Fsp3) is 0.450. The van der Waals surface area contributed by atoms with Crippen LogP contribution in [-0.4, -0.2) is 37.0 Å². The maximum atomic E-state index is 12.9. The Hall–Kier alpha value is -1.63. The van der Waals surface area contributed by atoms with Crippen LogP contribution in [0.1, 0.15) is 36.6 Å². The highest BCUT2D eigenvalue weighted by Crippen LogP contribution is 2.27. The van der Waals surface area contributed by atoms with Gasteiger partial charge in [-0.1, -0.05) is 18.9 Å². The van der Waals surface area contributed by atoms with Gasteiger partial charge >= 0.3 is 0 Å². The zero-order valence-electron chi connectivity index (χ0n) is 15.2. The molecule has 1 aliphatic rings. The van der Waals surface area contributed by atoms with Crippen LogP contribution in [0, 0.1) is 5.82 Å². The topological polar surface area (TPSA) is 41.6 Å². The van der Waals surface area contributed by atoms with E-state index in [1.807, 2.05) is 0 Å². The number of thiophene rings is 1. The average Bonchev–Trinajstić information content (AvgIpc) is 3.04. The van der Waals surface area contributed by atoms with Crippen molar-refractivity contribution in [2.24, 2.45) is 0 Å². The van der Waals surface area contributed by atoms with Crippen LogP contribution in [0.15, 0.2) is 41.8 Å². The van der Waals surface area contributed by atoms with Gasteiger partial charge in [0.05, 0.1) is 6.04 Å². The van der Waals surface area contributed by atoms with Crippen molar-refractivity contribution >= 4 is 29.7 Å². The van der Waals surface area contributed by atoms with E-state index < -0.39 is 0 Å². The summed E-state index contributed by atoms with van der Waals surface area (Å²) in [7, 11) is 0. The zero-order chi connectivity index (χ0) is 18.2. The Bertz CT molecular complexity index is 674. The van der Waals surface area contributed by atoms with Crippen LogP contribution in [0.25, 0.3) is 0 Å². The minimum Gasteiger partial charge on any atom is -0.484 e. The van der Waals surface area contributed by atoms with E-state index in [-0.39, 0.29) is 36.8 Å². The SMILES string of the molecule is Cl.O=C(COc1ccc(F)cc1)NCC(c1cccs1)N1CCCCCC1. The molecule has 7 heteroatoms. The number of hydrogen-bond acceptors (Lipinski definition) is 4. The Labute approximate surface area is 170 Å². The molecule has 1 amide bonds. The van der Waals surface area contributed by atoms with Crippen molar-refractivity contribution in [1.82, 2.24) is 10.2 Å². The molecule has 1 unspecified atom stereocenters. The number of rotatable bonds is 7. The van der Waals surface area contributed by atoms with E-state index in [2.05, 4.69) is 27.7 Å². The predicted molar refractivity (Wildman–Crippen MR) is 109 cm³/mol. The van der Waals surface area contributed by atoms with Crippen molar-refractivity contribution in [1.29, 1.82) is 0 Å². The number of amides is 1. The van der Waals surface area contributed by atoms with Crippen molar-refractivity contribution in [2.75, 3.05) is 26.2 Å². The number of benzene rings is 1. The summed E-state index contributed by atoms with van der Waals surface area (Å²) >= 11 is 1.73. The van der Waals surface area contributed by atoms with E-state index in [4.69, 9.17) is 4.74 Å². The van der Waals surface area contributed by atoms with Crippen LogP contribution < -0.4 is 10.1 Å². The largest absolute Gasteiger partial charge is 0.484 e. The monoisotopic (exact) mass is 412 g/mol. The first kappa shape index (κ1) is 21.7. The van der Waals surface area contributed by atoms with Crippen LogP contribution in [0.3, 0.4) is 0 Å². The number of hydrogen-bond donors (Lipinski definition) is 1. The summed E-state index contributed by atoms with van der Waals surface area (Å²) in [6.45, 7) is 2.66. The van der Waals surface area contributed by atoms with E-state index in [1.54, 1.807) is 11.3 Å².